The average molecular weight is 481 g/mol. The van der Waals surface area contributed by atoms with Crippen LogP contribution < -0.4 is 5.32 Å². The maximum atomic E-state index is 12.7. The zero-order valence-corrected chi connectivity index (χ0v) is 19.1. The molecule has 1 aliphatic rings. The molecule has 0 unspecified atom stereocenters. The molecule has 31 heavy (non-hydrogen) atoms. The van der Waals surface area contributed by atoms with Gasteiger partial charge in [0, 0.05) is 30.8 Å². The summed E-state index contributed by atoms with van der Waals surface area (Å²) in [5, 5.41) is 4.10. The van der Waals surface area contributed by atoms with Gasteiger partial charge in [0.1, 0.15) is 0 Å². The quantitative estimate of drug-likeness (QED) is 0.545. The van der Waals surface area contributed by atoms with Crippen molar-refractivity contribution < 1.29 is 17.9 Å². The van der Waals surface area contributed by atoms with Crippen molar-refractivity contribution >= 4 is 56.0 Å². The number of carbonyl (C=O) groups is 1. The first kappa shape index (κ1) is 22.1. The molecule has 4 rings (SSSR count). The van der Waals surface area contributed by atoms with Crippen LogP contribution in [0.1, 0.15) is 0 Å². The molecule has 2 aromatic carbocycles. The normalized spacial score (nSPS) is 15.3. The lowest BCUT2D eigenvalue weighted by Gasteiger charge is -2.26. The minimum absolute atomic E-state index is 0.165. The first-order chi connectivity index (χ1) is 14.8. The van der Waals surface area contributed by atoms with E-state index >= 15 is 0 Å². The van der Waals surface area contributed by atoms with Crippen molar-refractivity contribution in [1.82, 2.24) is 13.9 Å². The number of halogens is 1. The average Bonchev–Trinajstić information content (AvgIpc) is 3.08. The van der Waals surface area contributed by atoms with E-state index in [1.807, 2.05) is 17.7 Å². The number of benzene rings is 2. The molecule has 0 spiro atoms. The molecule has 11 heteroatoms. The smallest absolute Gasteiger partial charge is 0.243 e. The third kappa shape index (κ3) is 4.88. The van der Waals surface area contributed by atoms with Gasteiger partial charge in [-0.2, -0.15) is 4.31 Å². The number of nitrogens with one attached hydrogen (secondary N) is 1. The Kier molecular flexibility index (Phi) is 6.54. The van der Waals surface area contributed by atoms with Crippen LogP contribution in [0.4, 0.5) is 5.69 Å². The molecule has 3 aromatic rings. The van der Waals surface area contributed by atoms with E-state index in [0.29, 0.717) is 42.2 Å². The third-order valence-corrected chi connectivity index (χ3v) is 8.06. The molecule has 1 aliphatic heterocycles. The first-order valence-corrected chi connectivity index (χ1v) is 12.4. The molecule has 1 aromatic heterocycles. The molecule has 1 amide bonds. The second-order valence-corrected chi connectivity index (χ2v) is 10.3. The molecule has 8 nitrogen and oxygen atoms in total. The van der Waals surface area contributed by atoms with Crippen LogP contribution in [0.15, 0.2) is 52.5 Å². The fourth-order valence-electron chi connectivity index (χ4n) is 3.25. The predicted octanol–water partition coefficient (Wildman–Crippen LogP) is 2.98. The maximum Gasteiger partial charge on any atom is 0.243 e. The van der Waals surface area contributed by atoms with Gasteiger partial charge in [-0.3, -0.25) is 4.79 Å². The second-order valence-electron chi connectivity index (χ2n) is 6.96. The number of anilines is 1. The van der Waals surface area contributed by atoms with Gasteiger partial charge < -0.3 is 14.6 Å². The Balaban J connectivity index is 1.37. The number of fused-ring (bicyclic) bond motifs is 1. The second kappa shape index (κ2) is 9.17. The molecule has 0 saturated carbocycles. The summed E-state index contributed by atoms with van der Waals surface area (Å²) in [6, 6.07) is 11.7. The highest BCUT2D eigenvalue weighted by Crippen LogP contribution is 2.25. The van der Waals surface area contributed by atoms with Crippen molar-refractivity contribution in [3.05, 3.63) is 47.5 Å². The number of aromatic nitrogens is 2. The summed E-state index contributed by atoms with van der Waals surface area (Å²) < 4.78 is 33.9. The van der Waals surface area contributed by atoms with Crippen molar-refractivity contribution in [2.75, 3.05) is 37.4 Å². The molecular formula is C20H21ClN4O4S2. The molecule has 1 saturated heterocycles. The van der Waals surface area contributed by atoms with E-state index in [-0.39, 0.29) is 16.6 Å². The minimum atomic E-state index is -3.56. The third-order valence-electron chi connectivity index (χ3n) is 4.88. The molecule has 0 radical (unpaired) electrons. The number of rotatable bonds is 6. The Bertz CT molecular complexity index is 1210. The number of hydrogen-bond donors (Lipinski definition) is 1. The fourth-order valence-corrected chi connectivity index (χ4v) is 5.61. The van der Waals surface area contributed by atoms with Crippen LogP contribution in [-0.2, 0) is 26.6 Å². The van der Waals surface area contributed by atoms with Crippen LogP contribution in [0.25, 0.3) is 11.0 Å². The van der Waals surface area contributed by atoms with Gasteiger partial charge in [0.15, 0.2) is 5.16 Å². The molecule has 2 heterocycles. The Hall–Kier alpha value is -2.11. The van der Waals surface area contributed by atoms with Gasteiger partial charge in [-0.05, 0) is 42.5 Å². The summed E-state index contributed by atoms with van der Waals surface area (Å²) in [7, 11) is -1.67. The van der Waals surface area contributed by atoms with Gasteiger partial charge >= 0.3 is 0 Å². The highest BCUT2D eigenvalue weighted by Gasteiger charge is 2.26. The number of morpholine rings is 1. The van der Waals surface area contributed by atoms with E-state index in [0.717, 1.165) is 11.0 Å². The van der Waals surface area contributed by atoms with Crippen molar-refractivity contribution in [3.8, 4) is 0 Å². The molecule has 0 aliphatic carbocycles. The first-order valence-electron chi connectivity index (χ1n) is 9.57. The summed E-state index contributed by atoms with van der Waals surface area (Å²) in [5.74, 6) is -0.0440. The lowest BCUT2D eigenvalue weighted by molar-refractivity contribution is -0.113. The van der Waals surface area contributed by atoms with E-state index in [1.165, 1.54) is 28.2 Å². The monoisotopic (exact) mass is 480 g/mol. The summed E-state index contributed by atoms with van der Waals surface area (Å²) in [6.45, 7) is 1.46. The Labute approximate surface area is 189 Å². The number of amides is 1. The van der Waals surface area contributed by atoms with E-state index in [1.54, 1.807) is 24.3 Å². The van der Waals surface area contributed by atoms with E-state index < -0.39 is 10.0 Å². The Morgan fingerprint density at radius 3 is 2.61 bits per heavy atom. The Morgan fingerprint density at radius 2 is 1.90 bits per heavy atom. The van der Waals surface area contributed by atoms with Crippen LogP contribution in [0.3, 0.4) is 0 Å². The van der Waals surface area contributed by atoms with Gasteiger partial charge in [0.25, 0.3) is 0 Å². The van der Waals surface area contributed by atoms with Crippen LogP contribution in [0.5, 0.6) is 0 Å². The zero-order valence-electron chi connectivity index (χ0n) is 16.7. The highest BCUT2D eigenvalue weighted by atomic mass is 35.5. The van der Waals surface area contributed by atoms with Gasteiger partial charge in [-0.25, -0.2) is 13.4 Å². The van der Waals surface area contributed by atoms with E-state index in [4.69, 9.17) is 16.3 Å². The van der Waals surface area contributed by atoms with Crippen molar-refractivity contribution in [2.45, 2.75) is 10.1 Å². The fraction of sp³-hybridized carbons (Fsp3) is 0.300. The van der Waals surface area contributed by atoms with Crippen LogP contribution in [-0.4, -0.2) is 60.2 Å². The largest absolute Gasteiger partial charge is 0.379 e. The molecule has 0 atom stereocenters. The SMILES string of the molecule is Cn1c(SCC(=O)Nc2ccc(S(=O)(=O)N3CCOCC3)cc2)nc2cc(Cl)ccc21. The molecule has 1 N–H and O–H groups in total. The standard InChI is InChI=1S/C20H21ClN4O4S2/c1-24-18-7-2-14(21)12-17(18)23-20(24)30-13-19(26)22-15-3-5-16(6-4-15)31(27,28)25-8-10-29-11-9-25/h2-7,12H,8-11,13H2,1H3,(H,22,26). The summed E-state index contributed by atoms with van der Waals surface area (Å²) >= 11 is 7.33. The number of hydrogen-bond acceptors (Lipinski definition) is 6. The molecule has 1 fully saturated rings. The summed E-state index contributed by atoms with van der Waals surface area (Å²) in [5.41, 5.74) is 2.24. The molecular weight excluding hydrogens is 460 g/mol. The molecule has 164 valence electrons. The molecule has 0 bridgehead atoms. The lowest BCUT2D eigenvalue weighted by Crippen LogP contribution is -2.40. The van der Waals surface area contributed by atoms with E-state index in [9.17, 15) is 13.2 Å². The van der Waals surface area contributed by atoms with Gasteiger partial charge in [0.2, 0.25) is 15.9 Å². The van der Waals surface area contributed by atoms with Crippen LogP contribution in [0.2, 0.25) is 5.02 Å². The summed E-state index contributed by atoms with van der Waals surface area (Å²) in [4.78, 5) is 17.1. The number of carbonyl (C=O) groups excluding carboxylic acids is 1. The number of sulfonamides is 1. The summed E-state index contributed by atoms with van der Waals surface area (Å²) in [6.07, 6.45) is 0. The zero-order chi connectivity index (χ0) is 22.0. The minimum Gasteiger partial charge on any atom is -0.379 e. The van der Waals surface area contributed by atoms with Crippen LogP contribution in [0, 0.1) is 0 Å². The van der Waals surface area contributed by atoms with Crippen molar-refractivity contribution in [1.29, 1.82) is 0 Å². The van der Waals surface area contributed by atoms with Gasteiger partial charge in [-0.1, -0.05) is 23.4 Å². The van der Waals surface area contributed by atoms with Gasteiger partial charge in [-0.15, -0.1) is 0 Å². The number of nitrogens with zero attached hydrogens (tertiary/aromatic N) is 3. The predicted molar refractivity (Wildman–Crippen MR) is 121 cm³/mol. The number of thioether (sulfide) groups is 1. The maximum absolute atomic E-state index is 12.7. The number of imidazole rings is 1. The lowest BCUT2D eigenvalue weighted by atomic mass is 10.3. The van der Waals surface area contributed by atoms with Crippen LogP contribution >= 0.6 is 23.4 Å². The topological polar surface area (TPSA) is 93.5 Å². The highest BCUT2D eigenvalue weighted by molar-refractivity contribution is 7.99. The number of aryl methyl sites for hydroxylation is 1. The van der Waals surface area contributed by atoms with Gasteiger partial charge in [0.05, 0.1) is 34.9 Å². The van der Waals surface area contributed by atoms with E-state index in [2.05, 4.69) is 10.3 Å². The van der Waals surface area contributed by atoms with Crippen molar-refractivity contribution in [3.63, 3.8) is 0 Å². The Morgan fingerprint density at radius 1 is 1.19 bits per heavy atom. The van der Waals surface area contributed by atoms with Crippen molar-refractivity contribution in [2.24, 2.45) is 7.05 Å². The number of ether oxygens (including phenoxy) is 1.